The van der Waals surface area contributed by atoms with Crippen molar-refractivity contribution in [2.75, 3.05) is 26.7 Å². The number of alkyl halides is 6. The maximum Gasteiger partial charge on any atom is 0.433 e. The fourth-order valence-corrected chi connectivity index (χ4v) is 4.24. The van der Waals surface area contributed by atoms with Gasteiger partial charge in [0.2, 0.25) is 0 Å². The second-order valence-corrected chi connectivity index (χ2v) is 8.46. The molecular weight excluding hydrogens is 478 g/mol. The number of rotatable bonds is 6. The number of aromatic nitrogens is 3. The van der Waals surface area contributed by atoms with Gasteiger partial charge in [-0.05, 0) is 31.0 Å². The lowest BCUT2D eigenvalue weighted by atomic mass is 10.0. The number of piperidine rings is 1. The van der Waals surface area contributed by atoms with Crippen LogP contribution in [0.25, 0.3) is 10.9 Å². The van der Waals surface area contributed by atoms with Crippen molar-refractivity contribution in [3.05, 3.63) is 53.5 Å². The first-order valence-corrected chi connectivity index (χ1v) is 10.9. The van der Waals surface area contributed by atoms with Crippen molar-refractivity contribution in [1.29, 1.82) is 0 Å². The van der Waals surface area contributed by atoms with Gasteiger partial charge in [-0.1, -0.05) is 6.07 Å². The summed E-state index contributed by atoms with van der Waals surface area (Å²) in [5, 5.41) is 5.22. The number of carbonyl (C=O) groups is 1. The number of fused-ring (bicyclic) bond motifs is 1. The number of hydrogen-bond donors (Lipinski definition) is 0. The van der Waals surface area contributed by atoms with E-state index in [1.165, 1.54) is 18.1 Å². The van der Waals surface area contributed by atoms with E-state index >= 15 is 0 Å². The molecule has 0 amide bonds. The van der Waals surface area contributed by atoms with E-state index in [-0.39, 0.29) is 18.2 Å². The number of Topliss-reactive ketones (excluding diaryl/α,β-unsaturated/α-hetero) is 1. The Kier molecular flexibility index (Phi) is 6.76. The molecule has 0 atom stereocenters. The predicted octanol–water partition coefficient (Wildman–Crippen LogP) is 5.08. The SMILES string of the molecule is COc1cc2nn(C3CCN(CC(F)(F)F)CC3)cc2cc1CC(=O)c1cccc(C(F)(F)F)n1. The van der Waals surface area contributed by atoms with Crippen molar-refractivity contribution < 1.29 is 35.9 Å². The number of likely N-dealkylation sites (tertiary alicyclic amines) is 1. The van der Waals surface area contributed by atoms with Crippen molar-refractivity contribution in [2.45, 2.75) is 37.7 Å². The molecule has 0 saturated carbocycles. The molecule has 0 unspecified atom stereocenters. The Morgan fingerprint density at radius 1 is 1.11 bits per heavy atom. The van der Waals surface area contributed by atoms with E-state index in [4.69, 9.17) is 4.74 Å². The molecule has 1 fully saturated rings. The topological polar surface area (TPSA) is 60.2 Å². The minimum absolute atomic E-state index is 0.0720. The summed E-state index contributed by atoms with van der Waals surface area (Å²) >= 11 is 0. The zero-order valence-corrected chi connectivity index (χ0v) is 18.7. The zero-order chi connectivity index (χ0) is 25.4. The first-order chi connectivity index (χ1) is 16.4. The van der Waals surface area contributed by atoms with Gasteiger partial charge in [0.15, 0.2) is 5.78 Å². The number of nitrogens with zero attached hydrogens (tertiary/aromatic N) is 4. The normalized spacial score (nSPS) is 16.1. The second-order valence-electron chi connectivity index (χ2n) is 8.46. The first-order valence-electron chi connectivity index (χ1n) is 10.9. The summed E-state index contributed by atoms with van der Waals surface area (Å²) in [4.78, 5) is 17.5. The summed E-state index contributed by atoms with van der Waals surface area (Å²) in [6.07, 6.45) is -6.35. The lowest BCUT2D eigenvalue weighted by molar-refractivity contribution is -0.148. The number of benzene rings is 1. The van der Waals surface area contributed by atoms with Crippen LogP contribution in [0.4, 0.5) is 26.3 Å². The Morgan fingerprint density at radius 3 is 2.46 bits per heavy atom. The Labute approximate surface area is 196 Å². The van der Waals surface area contributed by atoms with Crippen LogP contribution in [0.1, 0.15) is 40.6 Å². The average molecular weight is 500 g/mol. The smallest absolute Gasteiger partial charge is 0.433 e. The quantitative estimate of drug-likeness (QED) is 0.349. The van der Waals surface area contributed by atoms with Gasteiger partial charge in [-0.25, -0.2) is 4.98 Å². The van der Waals surface area contributed by atoms with Gasteiger partial charge in [0.1, 0.15) is 17.1 Å². The summed E-state index contributed by atoms with van der Waals surface area (Å²) in [6.45, 7) is -0.336. The molecular formula is C23H22F6N4O2. The molecule has 4 rings (SSSR count). The molecule has 2 aromatic heterocycles. The van der Waals surface area contributed by atoms with Crippen molar-refractivity contribution in [3.63, 3.8) is 0 Å². The van der Waals surface area contributed by atoms with Gasteiger partial charge in [0, 0.05) is 42.7 Å². The Morgan fingerprint density at radius 2 is 1.83 bits per heavy atom. The minimum Gasteiger partial charge on any atom is -0.496 e. The van der Waals surface area contributed by atoms with Crippen LogP contribution < -0.4 is 4.74 Å². The number of hydrogen-bond acceptors (Lipinski definition) is 5. The molecule has 1 saturated heterocycles. The molecule has 6 nitrogen and oxygen atoms in total. The third-order valence-corrected chi connectivity index (χ3v) is 5.93. The van der Waals surface area contributed by atoms with Crippen molar-refractivity contribution >= 4 is 16.7 Å². The highest BCUT2D eigenvalue weighted by atomic mass is 19.4. The number of ketones is 1. The van der Waals surface area contributed by atoms with Crippen LogP contribution in [0.5, 0.6) is 5.75 Å². The van der Waals surface area contributed by atoms with Gasteiger partial charge in [-0.2, -0.15) is 31.4 Å². The van der Waals surface area contributed by atoms with Crippen LogP contribution in [0.2, 0.25) is 0 Å². The van der Waals surface area contributed by atoms with Gasteiger partial charge >= 0.3 is 12.4 Å². The van der Waals surface area contributed by atoms with E-state index in [2.05, 4.69) is 10.1 Å². The van der Waals surface area contributed by atoms with Crippen LogP contribution in [0, 0.1) is 0 Å². The summed E-state index contributed by atoms with van der Waals surface area (Å²) in [5.74, 6) is -0.249. The van der Waals surface area contributed by atoms with Crippen LogP contribution in [-0.2, 0) is 12.6 Å². The summed E-state index contributed by atoms with van der Waals surface area (Å²) < 4.78 is 83.8. The maximum absolute atomic E-state index is 12.9. The second kappa shape index (κ2) is 9.48. The molecule has 35 heavy (non-hydrogen) atoms. The third-order valence-electron chi connectivity index (χ3n) is 5.93. The van der Waals surface area contributed by atoms with Crippen molar-refractivity contribution in [2.24, 2.45) is 0 Å². The highest BCUT2D eigenvalue weighted by Crippen LogP contribution is 2.31. The standard InChI is InChI=1S/C23H22F6N4O2/c1-35-20-11-18-15(12-33(31-18)16-5-7-32(8-6-16)13-22(24,25)26)9-14(20)10-19(34)17-3-2-4-21(30-17)23(27,28)29/h2-4,9,11-12,16H,5-8,10,13H2,1H3. The largest absolute Gasteiger partial charge is 0.496 e. The number of methoxy groups -OCH3 is 1. The molecule has 12 heteroatoms. The molecule has 0 spiro atoms. The van der Waals surface area contributed by atoms with Gasteiger partial charge < -0.3 is 4.74 Å². The lowest BCUT2D eigenvalue weighted by Gasteiger charge is -2.32. The van der Waals surface area contributed by atoms with Gasteiger partial charge in [0.05, 0.1) is 25.2 Å². The number of carbonyl (C=O) groups excluding carboxylic acids is 1. The number of ether oxygens (including phenoxy) is 1. The van der Waals surface area contributed by atoms with Crippen LogP contribution in [-0.4, -0.2) is 58.4 Å². The fourth-order valence-electron chi connectivity index (χ4n) is 4.24. The highest BCUT2D eigenvalue weighted by Gasteiger charge is 2.34. The van der Waals surface area contributed by atoms with E-state index in [0.717, 1.165) is 12.1 Å². The van der Waals surface area contributed by atoms with E-state index < -0.39 is 30.4 Å². The van der Waals surface area contributed by atoms with Crippen molar-refractivity contribution in [1.82, 2.24) is 19.7 Å². The number of pyridine rings is 1. The van der Waals surface area contributed by atoms with Crippen LogP contribution >= 0.6 is 0 Å². The molecule has 1 aliphatic rings. The molecule has 3 heterocycles. The van der Waals surface area contributed by atoms with Gasteiger partial charge in [-0.3, -0.25) is 14.4 Å². The molecule has 1 aromatic carbocycles. The first kappa shape index (κ1) is 25.0. The monoisotopic (exact) mass is 500 g/mol. The summed E-state index contributed by atoms with van der Waals surface area (Å²) in [6, 6.07) is 6.40. The van der Waals surface area contributed by atoms with E-state index in [9.17, 15) is 31.1 Å². The van der Waals surface area contributed by atoms with Crippen molar-refractivity contribution in [3.8, 4) is 5.75 Å². The van der Waals surface area contributed by atoms with E-state index in [0.29, 0.717) is 48.1 Å². The molecule has 3 aromatic rings. The molecule has 1 aliphatic heterocycles. The van der Waals surface area contributed by atoms with Crippen LogP contribution in [0.15, 0.2) is 36.5 Å². The zero-order valence-electron chi connectivity index (χ0n) is 18.7. The van der Waals surface area contributed by atoms with E-state index in [1.54, 1.807) is 23.0 Å². The van der Waals surface area contributed by atoms with Gasteiger partial charge in [0.25, 0.3) is 0 Å². The Bertz CT molecular complexity index is 1210. The third kappa shape index (κ3) is 5.92. The average Bonchev–Trinajstić information content (AvgIpc) is 3.20. The predicted molar refractivity (Wildman–Crippen MR) is 114 cm³/mol. The van der Waals surface area contributed by atoms with Crippen LogP contribution in [0.3, 0.4) is 0 Å². The van der Waals surface area contributed by atoms with Gasteiger partial charge in [-0.15, -0.1) is 0 Å². The summed E-state index contributed by atoms with van der Waals surface area (Å²) in [5.41, 5.74) is -0.409. The molecule has 0 bridgehead atoms. The highest BCUT2D eigenvalue weighted by molar-refractivity contribution is 5.97. The molecule has 0 N–H and O–H groups in total. The molecule has 0 aliphatic carbocycles. The lowest BCUT2D eigenvalue weighted by Crippen LogP contribution is -2.40. The number of halogens is 6. The summed E-state index contributed by atoms with van der Waals surface area (Å²) in [7, 11) is 1.41. The van der Waals surface area contributed by atoms with E-state index in [1.807, 2.05) is 0 Å². The molecule has 188 valence electrons. The molecule has 0 radical (unpaired) electrons. The maximum atomic E-state index is 12.9. The Hall–Kier alpha value is -3.15. The minimum atomic E-state index is -4.66. The fraction of sp³-hybridized carbons (Fsp3) is 0.435. The Balaban J connectivity index is 1.52.